The maximum Gasteiger partial charge on any atom is 0.0127 e. The highest BCUT2D eigenvalue weighted by Gasteiger charge is 2.47. The van der Waals surface area contributed by atoms with Crippen molar-refractivity contribution < 1.29 is 0 Å². The summed E-state index contributed by atoms with van der Waals surface area (Å²) in [4.78, 5) is 0. The van der Waals surface area contributed by atoms with Crippen LogP contribution in [0.1, 0.15) is 50.2 Å². The molecular weight excluding hydrogens is 206 g/mol. The molecule has 0 aromatic heterocycles. The lowest BCUT2D eigenvalue weighted by molar-refractivity contribution is 0.279. The first-order valence-corrected chi connectivity index (χ1v) is 6.87. The first-order chi connectivity index (χ1) is 8.04. The minimum Gasteiger partial charge on any atom is -0.311 e. The Kier molecular flexibility index (Phi) is 2.55. The molecule has 1 nitrogen and oxygen atoms in total. The molecule has 0 aliphatic heterocycles. The van der Waals surface area contributed by atoms with Gasteiger partial charge in [-0.1, -0.05) is 43.7 Å². The zero-order valence-electron chi connectivity index (χ0n) is 11.2. The molecule has 0 bridgehead atoms. The number of hydrogen-bond acceptors (Lipinski definition) is 1. The van der Waals surface area contributed by atoms with Crippen LogP contribution >= 0.6 is 0 Å². The number of nitrogens with one attached hydrogen (secondary N) is 1. The molecule has 2 aliphatic carbocycles. The minimum absolute atomic E-state index is 0.564. The predicted octanol–water partition coefficient (Wildman–Crippen LogP) is 3.63. The molecule has 17 heavy (non-hydrogen) atoms. The summed E-state index contributed by atoms with van der Waals surface area (Å²) in [5.41, 5.74) is 3.49. The molecule has 1 aromatic carbocycles. The van der Waals surface area contributed by atoms with E-state index in [4.69, 9.17) is 0 Å². The highest BCUT2D eigenvalue weighted by atomic mass is 15.0. The zero-order valence-corrected chi connectivity index (χ0v) is 11.2. The Labute approximate surface area is 105 Å². The molecule has 0 saturated heterocycles. The van der Waals surface area contributed by atoms with Crippen LogP contribution in [0.3, 0.4) is 0 Å². The van der Waals surface area contributed by atoms with Crippen molar-refractivity contribution in [3.63, 3.8) is 0 Å². The monoisotopic (exact) mass is 229 g/mol. The standard InChI is InChI=1S/C16H23N/c1-11-5-4-6-12(7-11)13-8-14(9-13)17-15-10-16(15,2)3/h4-7,13-15,17H,8-10H2,1-3H3. The van der Waals surface area contributed by atoms with E-state index < -0.39 is 0 Å². The second kappa shape index (κ2) is 3.84. The van der Waals surface area contributed by atoms with Gasteiger partial charge in [-0.05, 0) is 43.1 Å². The fraction of sp³-hybridized carbons (Fsp3) is 0.625. The number of hydrogen-bond donors (Lipinski definition) is 1. The van der Waals surface area contributed by atoms with Gasteiger partial charge in [0.05, 0.1) is 0 Å². The average Bonchev–Trinajstić information content (AvgIpc) is 2.79. The van der Waals surface area contributed by atoms with Gasteiger partial charge in [-0.25, -0.2) is 0 Å². The van der Waals surface area contributed by atoms with Crippen molar-refractivity contribution in [1.29, 1.82) is 0 Å². The first-order valence-electron chi connectivity index (χ1n) is 6.87. The van der Waals surface area contributed by atoms with Gasteiger partial charge in [-0.2, -0.15) is 0 Å². The highest BCUT2D eigenvalue weighted by molar-refractivity contribution is 5.28. The molecule has 0 spiro atoms. The fourth-order valence-corrected chi connectivity index (χ4v) is 2.99. The van der Waals surface area contributed by atoms with Crippen LogP contribution in [0.25, 0.3) is 0 Å². The van der Waals surface area contributed by atoms with E-state index in [-0.39, 0.29) is 0 Å². The lowest BCUT2D eigenvalue weighted by atomic mass is 9.75. The van der Waals surface area contributed by atoms with Gasteiger partial charge >= 0.3 is 0 Å². The Bertz CT molecular complexity index is 415. The summed E-state index contributed by atoms with van der Waals surface area (Å²) in [6.07, 6.45) is 4.02. The second-order valence-corrected chi connectivity index (χ2v) is 6.69. The van der Waals surface area contributed by atoms with Gasteiger partial charge < -0.3 is 5.32 Å². The van der Waals surface area contributed by atoms with Gasteiger partial charge in [0.1, 0.15) is 0 Å². The molecule has 2 aliphatic rings. The van der Waals surface area contributed by atoms with Crippen LogP contribution in [0.15, 0.2) is 24.3 Å². The van der Waals surface area contributed by atoms with E-state index >= 15 is 0 Å². The minimum atomic E-state index is 0.564. The topological polar surface area (TPSA) is 12.0 Å². The zero-order chi connectivity index (χ0) is 12.0. The van der Waals surface area contributed by atoms with Crippen LogP contribution < -0.4 is 5.32 Å². The van der Waals surface area contributed by atoms with Gasteiger partial charge in [-0.3, -0.25) is 0 Å². The van der Waals surface area contributed by atoms with Crippen LogP contribution in [0.2, 0.25) is 0 Å². The van der Waals surface area contributed by atoms with E-state index in [1.54, 1.807) is 0 Å². The smallest absolute Gasteiger partial charge is 0.0127 e. The summed E-state index contributed by atoms with van der Waals surface area (Å²) in [6.45, 7) is 6.91. The molecule has 1 unspecified atom stereocenters. The van der Waals surface area contributed by atoms with Crippen LogP contribution in [-0.4, -0.2) is 12.1 Å². The number of rotatable bonds is 3. The van der Waals surface area contributed by atoms with E-state index in [1.165, 1.54) is 30.4 Å². The molecule has 1 N–H and O–H groups in total. The Morgan fingerprint density at radius 3 is 2.53 bits per heavy atom. The van der Waals surface area contributed by atoms with Crippen LogP contribution in [0.4, 0.5) is 0 Å². The van der Waals surface area contributed by atoms with Crippen molar-refractivity contribution >= 4 is 0 Å². The summed E-state index contributed by atoms with van der Waals surface area (Å²) < 4.78 is 0. The van der Waals surface area contributed by atoms with E-state index in [9.17, 15) is 0 Å². The van der Waals surface area contributed by atoms with E-state index in [2.05, 4.69) is 50.4 Å². The maximum atomic E-state index is 3.79. The van der Waals surface area contributed by atoms with Gasteiger partial charge in [0.25, 0.3) is 0 Å². The first kappa shape index (κ1) is 11.3. The molecular formula is C16H23N. The summed E-state index contributed by atoms with van der Waals surface area (Å²) in [5.74, 6) is 0.800. The lowest BCUT2D eigenvalue weighted by Gasteiger charge is -2.37. The molecule has 2 saturated carbocycles. The number of aryl methyl sites for hydroxylation is 1. The van der Waals surface area contributed by atoms with Crippen LogP contribution in [0, 0.1) is 12.3 Å². The lowest BCUT2D eigenvalue weighted by Crippen LogP contribution is -2.42. The van der Waals surface area contributed by atoms with Gasteiger partial charge in [-0.15, -0.1) is 0 Å². The Hall–Kier alpha value is -0.820. The maximum absolute atomic E-state index is 3.79. The third-order valence-electron chi connectivity index (χ3n) is 4.60. The summed E-state index contributed by atoms with van der Waals surface area (Å²) in [5, 5.41) is 3.79. The van der Waals surface area contributed by atoms with Crippen molar-refractivity contribution in [3.05, 3.63) is 35.4 Å². The highest BCUT2D eigenvalue weighted by Crippen LogP contribution is 2.47. The second-order valence-electron chi connectivity index (χ2n) is 6.69. The molecule has 0 amide bonds. The third-order valence-corrected chi connectivity index (χ3v) is 4.60. The fourth-order valence-electron chi connectivity index (χ4n) is 2.99. The molecule has 1 atom stereocenters. The van der Waals surface area contributed by atoms with Crippen molar-refractivity contribution in [3.8, 4) is 0 Å². The Morgan fingerprint density at radius 2 is 1.94 bits per heavy atom. The quantitative estimate of drug-likeness (QED) is 0.834. The van der Waals surface area contributed by atoms with Crippen molar-refractivity contribution in [2.45, 2.75) is 58.0 Å². The van der Waals surface area contributed by atoms with Crippen molar-refractivity contribution in [2.24, 2.45) is 5.41 Å². The number of benzene rings is 1. The molecule has 0 heterocycles. The molecule has 1 aromatic rings. The largest absolute Gasteiger partial charge is 0.311 e. The van der Waals surface area contributed by atoms with Crippen molar-refractivity contribution in [2.75, 3.05) is 0 Å². The summed E-state index contributed by atoms with van der Waals surface area (Å²) in [7, 11) is 0. The third kappa shape index (κ3) is 2.26. The SMILES string of the molecule is Cc1cccc(C2CC(NC3CC3(C)C)C2)c1. The van der Waals surface area contributed by atoms with E-state index in [0.717, 1.165) is 18.0 Å². The summed E-state index contributed by atoms with van der Waals surface area (Å²) in [6, 6.07) is 10.6. The van der Waals surface area contributed by atoms with Crippen LogP contribution in [-0.2, 0) is 0 Å². The predicted molar refractivity (Wildman–Crippen MR) is 72.3 cm³/mol. The molecule has 2 fully saturated rings. The molecule has 3 rings (SSSR count). The Balaban J connectivity index is 1.52. The van der Waals surface area contributed by atoms with E-state index in [1.807, 2.05) is 0 Å². The molecule has 1 heteroatoms. The van der Waals surface area contributed by atoms with E-state index in [0.29, 0.717) is 5.41 Å². The van der Waals surface area contributed by atoms with Crippen molar-refractivity contribution in [1.82, 2.24) is 5.32 Å². The normalized spacial score (nSPS) is 34.2. The summed E-state index contributed by atoms with van der Waals surface area (Å²) >= 11 is 0. The Morgan fingerprint density at radius 1 is 1.24 bits per heavy atom. The molecule has 92 valence electrons. The van der Waals surface area contributed by atoms with Gasteiger partial charge in [0.15, 0.2) is 0 Å². The average molecular weight is 229 g/mol. The van der Waals surface area contributed by atoms with Gasteiger partial charge in [0, 0.05) is 12.1 Å². The van der Waals surface area contributed by atoms with Crippen LogP contribution in [0.5, 0.6) is 0 Å². The van der Waals surface area contributed by atoms with Gasteiger partial charge in [0.2, 0.25) is 0 Å². The molecule has 0 radical (unpaired) electrons.